The van der Waals surface area contributed by atoms with Gasteiger partial charge in [-0.2, -0.15) is 0 Å². The number of nitrogens with one attached hydrogen (secondary N) is 1. The van der Waals surface area contributed by atoms with Gasteiger partial charge in [-0.15, -0.1) is 0 Å². The van der Waals surface area contributed by atoms with Gasteiger partial charge in [0.25, 0.3) is 5.91 Å². The molecular weight excluding hydrogens is 342 g/mol. The number of amides is 1. The normalized spacial score (nSPS) is 10.8. The molecular formula is C22H15NO4. The average molecular weight is 357 g/mol. The lowest BCUT2D eigenvalue weighted by Gasteiger charge is -2.10. The molecule has 0 aliphatic rings. The van der Waals surface area contributed by atoms with Gasteiger partial charge in [-0.05, 0) is 46.5 Å². The third kappa shape index (κ3) is 3.06. The lowest BCUT2D eigenvalue weighted by molar-refractivity contribution is 0.0693. The molecule has 0 aromatic heterocycles. The number of carbonyl (C=O) groups is 2. The smallest absolute Gasteiger partial charge is 0.339 e. The summed E-state index contributed by atoms with van der Waals surface area (Å²) in [4.78, 5) is 23.9. The topological polar surface area (TPSA) is 86.6 Å². The molecule has 0 atom stereocenters. The van der Waals surface area contributed by atoms with Crippen molar-refractivity contribution < 1.29 is 19.8 Å². The van der Waals surface area contributed by atoms with Crippen molar-refractivity contribution in [3.8, 4) is 5.75 Å². The van der Waals surface area contributed by atoms with Gasteiger partial charge in [-0.3, -0.25) is 4.79 Å². The second kappa shape index (κ2) is 6.46. The number of anilines is 1. The average Bonchev–Trinajstić information content (AvgIpc) is 2.67. The predicted molar refractivity (Wildman–Crippen MR) is 104 cm³/mol. The van der Waals surface area contributed by atoms with Crippen LogP contribution in [0, 0.1) is 0 Å². The Kier molecular flexibility index (Phi) is 3.97. The van der Waals surface area contributed by atoms with E-state index in [-0.39, 0.29) is 17.2 Å². The number of rotatable bonds is 3. The van der Waals surface area contributed by atoms with Crippen molar-refractivity contribution in [3.63, 3.8) is 0 Å². The first-order valence-electron chi connectivity index (χ1n) is 8.32. The van der Waals surface area contributed by atoms with Crippen molar-refractivity contribution in [1.82, 2.24) is 0 Å². The number of fused-ring (bicyclic) bond motifs is 2. The van der Waals surface area contributed by atoms with Crippen LogP contribution in [0.1, 0.15) is 20.7 Å². The van der Waals surface area contributed by atoms with Gasteiger partial charge in [0.2, 0.25) is 0 Å². The molecule has 132 valence electrons. The molecule has 0 aliphatic carbocycles. The summed E-state index contributed by atoms with van der Waals surface area (Å²) in [6.45, 7) is 0. The number of carboxylic acid groups (broad SMARTS) is 1. The van der Waals surface area contributed by atoms with Crippen molar-refractivity contribution in [1.29, 1.82) is 0 Å². The summed E-state index contributed by atoms with van der Waals surface area (Å²) in [5, 5.41) is 25.0. The van der Waals surface area contributed by atoms with Crippen LogP contribution in [0.5, 0.6) is 5.75 Å². The highest BCUT2D eigenvalue weighted by atomic mass is 16.4. The van der Waals surface area contributed by atoms with Crippen LogP contribution in [0.3, 0.4) is 0 Å². The van der Waals surface area contributed by atoms with Crippen molar-refractivity contribution in [3.05, 3.63) is 83.9 Å². The first-order valence-corrected chi connectivity index (χ1v) is 8.32. The van der Waals surface area contributed by atoms with Crippen LogP contribution in [0.2, 0.25) is 0 Å². The fourth-order valence-electron chi connectivity index (χ4n) is 3.13. The lowest BCUT2D eigenvalue weighted by Crippen LogP contribution is -2.12. The highest BCUT2D eigenvalue weighted by Crippen LogP contribution is 2.27. The SMILES string of the molecule is O=C(Nc1cccc2ccccc12)c1ccc2cc(O)c(C(=O)O)cc2c1. The second-order valence-corrected chi connectivity index (χ2v) is 6.22. The highest BCUT2D eigenvalue weighted by Gasteiger charge is 2.13. The molecule has 27 heavy (non-hydrogen) atoms. The fraction of sp³-hybridized carbons (Fsp3) is 0. The summed E-state index contributed by atoms with van der Waals surface area (Å²) >= 11 is 0. The maximum absolute atomic E-state index is 12.7. The van der Waals surface area contributed by atoms with E-state index in [9.17, 15) is 14.7 Å². The van der Waals surface area contributed by atoms with Gasteiger partial charge in [-0.1, -0.05) is 42.5 Å². The van der Waals surface area contributed by atoms with Crippen molar-refractivity contribution in [2.24, 2.45) is 0 Å². The van der Waals surface area contributed by atoms with Crippen LogP contribution in [-0.2, 0) is 0 Å². The second-order valence-electron chi connectivity index (χ2n) is 6.22. The molecule has 4 aromatic rings. The highest BCUT2D eigenvalue weighted by molar-refractivity contribution is 6.10. The van der Waals surface area contributed by atoms with E-state index in [1.54, 1.807) is 18.2 Å². The Hall–Kier alpha value is -3.86. The van der Waals surface area contributed by atoms with Gasteiger partial charge < -0.3 is 15.5 Å². The van der Waals surface area contributed by atoms with E-state index in [1.165, 1.54) is 12.1 Å². The minimum Gasteiger partial charge on any atom is -0.507 e. The predicted octanol–water partition coefficient (Wildman–Crippen LogP) is 4.65. The standard InChI is InChI=1S/C22H15NO4/c24-20-12-14-8-9-15(10-16(14)11-18(20)22(26)27)21(25)23-19-7-3-5-13-4-1-2-6-17(13)19/h1-12,24H,(H,23,25)(H,26,27). The van der Waals surface area contributed by atoms with Crippen LogP contribution < -0.4 is 5.32 Å². The Bertz CT molecular complexity index is 1210. The molecule has 0 bridgehead atoms. The van der Waals surface area contributed by atoms with Gasteiger partial charge in [0.15, 0.2) is 0 Å². The van der Waals surface area contributed by atoms with Crippen molar-refractivity contribution in [2.75, 3.05) is 5.32 Å². The number of hydrogen-bond donors (Lipinski definition) is 3. The molecule has 0 unspecified atom stereocenters. The Balaban J connectivity index is 1.72. The Morgan fingerprint density at radius 2 is 1.56 bits per heavy atom. The molecule has 1 amide bonds. The third-order valence-corrected chi connectivity index (χ3v) is 4.49. The van der Waals surface area contributed by atoms with Crippen molar-refractivity contribution in [2.45, 2.75) is 0 Å². The quantitative estimate of drug-likeness (QED) is 0.498. The summed E-state index contributed by atoms with van der Waals surface area (Å²) in [6.07, 6.45) is 0. The number of carbonyl (C=O) groups excluding carboxylic acids is 1. The molecule has 0 aliphatic heterocycles. The van der Waals surface area contributed by atoms with E-state index >= 15 is 0 Å². The summed E-state index contributed by atoms with van der Waals surface area (Å²) in [5.74, 6) is -1.82. The zero-order valence-electron chi connectivity index (χ0n) is 14.1. The molecule has 0 fully saturated rings. The zero-order chi connectivity index (χ0) is 19.0. The zero-order valence-corrected chi connectivity index (χ0v) is 14.1. The summed E-state index contributed by atoms with van der Waals surface area (Å²) in [6, 6.07) is 21.1. The van der Waals surface area contributed by atoms with Crippen molar-refractivity contribution >= 4 is 39.1 Å². The summed E-state index contributed by atoms with van der Waals surface area (Å²) < 4.78 is 0. The van der Waals surface area contributed by atoms with E-state index in [1.807, 2.05) is 42.5 Å². The first kappa shape index (κ1) is 16.6. The Labute approximate surface area is 154 Å². The molecule has 5 heteroatoms. The van der Waals surface area contributed by atoms with Crippen LogP contribution in [0.25, 0.3) is 21.5 Å². The van der Waals surface area contributed by atoms with Gasteiger partial charge in [0.05, 0.1) is 0 Å². The van der Waals surface area contributed by atoms with Crippen LogP contribution >= 0.6 is 0 Å². The maximum Gasteiger partial charge on any atom is 0.339 e. The number of aromatic hydroxyl groups is 1. The lowest BCUT2D eigenvalue weighted by atomic mass is 10.0. The fourth-order valence-corrected chi connectivity index (χ4v) is 3.13. The number of carboxylic acids is 1. The van der Waals surface area contributed by atoms with Gasteiger partial charge in [0.1, 0.15) is 11.3 Å². The minimum atomic E-state index is -1.22. The number of benzene rings is 4. The minimum absolute atomic E-state index is 0.200. The van der Waals surface area contributed by atoms with Crippen LogP contribution in [-0.4, -0.2) is 22.1 Å². The molecule has 4 rings (SSSR count). The van der Waals surface area contributed by atoms with Gasteiger partial charge in [0, 0.05) is 16.6 Å². The van der Waals surface area contributed by atoms with E-state index in [0.29, 0.717) is 22.0 Å². The van der Waals surface area contributed by atoms with E-state index < -0.39 is 5.97 Å². The molecule has 5 nitrogen and oxygen atoms in total. The third-order valence-electron chi connectivity index (χ3n) is 4.49. The van der Waals surface area contributed by atoms with Crippen LogP contribution in [0.4, 0.5) is 5.69 Å². The molecule has 0 saturated heterocycles. The summed E-state index contributed by atoms with van der Waals surface area (Å²) in [5.41, 5.74) is 0.904. The van der Waals surface area contributed by atoms with Gasteiger partial charge >= 0.3 is 5.97 Å². The first-order chi connectivity index (χ1) is 13.0. The van der Waals surface area contributed by atoms with E-state index in [4.69, 9.17) is 5.11 Å². The van der Waals surface area contributed by atoms with Crippen LogP contribution in [0.15, 0.2) is 72.8 Å². The molecule has 0 saturated carbocycles. The largest absolute Gasteiger partial charge is 0.507 e. The molecule has 0 spiro atoms. The summed E-state index contributed by atoms with van der Waals surface area (Å²) in [7, 11) is 0. The molecule has 0 radical (unpaired) electrons. The molecule has 4 aromatic carbocycles. The van der Waals surface area contributed by atoms with E-state index in [2.05, 4.69) is 5.32 Å². The number of hydrogen-bond acceptors (Lipinski definition) is 3. The number of aromatic carboxylic acids is 1. The van der Waals surface area contributed by atoms with E-state index in [0.717, 1.165) is 10.8 Å². The monoisotopic (exact) mass is 357 g/mol. The Morgan fingerprint density at radius 1 is 0.778 bits per heavy atom. The van der Waals surface area contributed by atoms with Gasteiger partial charge in [-0.25, -0.2) is 4.79 Å². The molecule has 3 N–H and O–H groups in total. The molecule has 0 heterocycles. The number of phenols is 1. The Morgan fingerprint density at radius 3 is 2.37 bits per heavy atom. The maximum atomic E-state index is 12.7.